The zero-order valence-corrected chi connectivity index (χ0v) is 16.5. The summed E-state index contributed by atoms with van der Waals surface area (Å²) < 4.78 is 25.6. The van der Waals surface area contributed by atoms with Crippen LogP contribution in [-0.4, -0.2) is 69.0 Å². The van der Waals surface area contributed by atoms with Crippen LogP contribution in [0.25, 0.3) is 0 Å². The molecule has 26 heavy (non-hydrogen) atoms. The topological polar surface area (TPSA) is 78.0 Å². The van der Waals surface area contributed by atoms with Crippen molar-refractivity contribution in [3.63, 3.8) is 0 Å². The van der Waals surface area contributed by atoms with Crippen LogP contribution < -0.4 is 4.31 Å². The lowest BCUT2D eigenvalue weighted by Crippen LogP contribution is -2.50. The molecule has 7 nitrogen and oxygen atoms in total. The molecule has 1 aromatic rings. The number of hydrogen-bond donors (Lipinski definition) is 0. The van der Waals surface area contributed by atoms with Crippen LogP contribution in [0.3, 0.4) is 0 Å². The van der Waals surface area contributed by atoms with Gasteiger partial charge in [-0.15, -0.1) is 0 Å². The summed E-state index contributed by atoms with van der Waals surface area (Å²) in [5.41, 5.74) is 1.69. The van der Waals surface area contributed by atoms with Crippen LogP contribution in [0, 0.1) is 0 Å². The molecule has 0 saturated carbocycles. The molecule has 1 aromatic carbocycles. The van der Waals surface area contributed by atoms with E-state index in [-0.39, 0.29) is 24.8 Å². The second-order valence-corrected chi connectivity index (χ2v) is 8.40. The summed E-state index contributed by atoms with van der Waals surface area (Å²) in [4.78, 5) is 27.2. The predicted octanol–water partition coefficient (Wildman–Crippen LogP) is 1.10. The van der Waals surface area contributed by atoms with Gasteiger partial charge in [-0.25, -0.2) is 8.42 Å². The van der Waals surface area contributed by atoms with Crippen LogP contribution in [0.1, 0.15) is 25.8 Å². The second-order valence-electron chi connectivity index (χ2n) is 6.49. The summed E-state index contributed by atoms with van der Waals surface area (Å²) in [6.45, 7) is 5.69. The minimum atomic E-state index is -3.47. The number of rotatable bonds is 6. The maximum absolute atomic E-state index is 12.4. The monoisotopic (exact) mass is 381 g/mol. The molecule has 0 spiro atoms. The van der Waals surface area contributed by atoms with Gasteiger partial charge >= 0.3 is 0 Å². The molecule has 0 bridgehead atoms. The molecule has 1 saturated heterocycles. The maximum atomic E-state index is 12.4. The molecule has 8 heteroatoms. The average Bonchev–Trinajstić information content (AvgIpc) is 2.61. The Hall–Kier alpha value is -2.09. The smallest absolute Gasteiger partial charge is 0.232 e. The lowest BCUT2D eigenvalue weighted by molar-refractivity contribution is -0.138. The first-order chi connectivity index (χ1) is 12.2. The van der Waals surface area contributed by atoms with E-state index in [2.05, 4.69) is 0 Å². The van der Waals surface area contributed by atoms with Crippen LogP contribution in [-0.2, 0) is 26.0 Å². The highest BCUT2D eigenvalue weighted by Crippen LogP contribution is 2.19. The van der Waals surface area contributed by atoms with Gasteiger partial charge in [0.25, 0.3) is 0 Å². The average molecular weight is 381 g/mol. The Bertz CT molecular complexity index is 738. The Morgan fingerprint density at radius 3 is 2.04 bits per heavy atom. The molecule has 1 aliphatic rings. The van der Waals surface area contributed by atoms with Gasteiger partial charge in [0, 0.05) is 46.1 Å². The number of sulfonamides is 1. The molecule has 2 amide bonds. The molecule has 0 atom stereocenters. The lowest BCUT2D eigenvalue weighted by Gasteiger charge is -2.34. The molecule has 2 rings (SSSR count). The van der Waals surface area contributed by atoms with Crippen molar-refractivity contribution in [2.24, 2.45) is 0 Å². The summed E-state index contributed by atoms with van der Waals surface area (Å²) in [5.74, 6) is -0.0806. The first-order valence-electron chi connectivity index (χ1n) is 8.82. The third-order valence-electron chi connectivity index (χ3n) is 4.64. The van der Waals surface area contributed by atoms with Crippen molar-refractivity contribution >= 4 is 27.5 Å². The summed E-state index contributed by atoms with van der Waals surface area (Å²) in [6, 6.07) is 7.35. The Kier molecular flexibility index (Phi) is 6.63. The standard InChI is InChI=1S/C18H27N3O4S/c1-4-16-5-7-17(8-6-16)21(26(3,24)25)10-9-18(23)20-13-11-19(12-14-20)15(2)22/h5-8H,4,9-14H2,1-3H3. The van der Waals surface area contributed by atoms with Crippen LogP contribution >= 0.6 is 0 Å². The van der Waals surface area contributed by atoms with E-state index >= 15 is 0 Å². The van der Waals surface area contributed by atoms with Crippen molar-refractivity contribution in [3.8, 4) is 0 Å². The summed E-state index contributed by atoms with van der Waals surface area (Å²) in [5, 5.41) is 0. The van der Waals surface area contributed by atoms with Crippen LogP contribution in [0.2, 0.25) is 0 Å². The van der Waals surface area contributed by atoms with Crippen molar-refractivity contribution < 1.29 is 18.0 Å². The normalized spacial score (nSPS) is 15.0. The predicted molar refractivity (Wildman–Crippen MR) is 101 cm³/mol. The highest BCUT2D eigenvalue weighted by molar-refractivity contribution is 7.92. The summed E-state index contributed by atoms with van der Waals surface area (Å²) in [7, 11) is -3.47. The van der Waals surface area contributed by atoms with Crippen molar-refractivity contribution in [2.45, 2.75) is 26.7 Å². The fraction of sp³-hybridized carbons (Fsp3) is 0.556. The van der Waals surface area contributed by atoms with Gasteiger partial charge in [-0.3, -0.25) is 13.9 Å². The molecule has 1 heterocycles. The molecular weight excluding hydrogens is 354 g/mol. The Morgan fingerprint density at radius 1 is 1.04 bits per heavy atom. The molecule has 1 fully saturated rings. The van der Waals surface area contributed by atoms with E-state index in [4.69, 9.17) is 0 Å². The van der Waals surface area contributed by atoms with E-state index in [1.807, 2.05) is 19.1 Å². The second kappa shape index (κ2) is 8.53. The van der Waals surface area contributed by atoms with Gasteiger partial charge < -0.3 is 9.80 Å². The van der Waals surface area contributed by atoms with E-state index in [1.165, 1.54) is 11.2 Å². The minimum Gasteiger partial charge on any atom is -0.339 e. The highest BCUT2D eigenvalue weighted by Gasteiger charge is 2.24. The molecular formula is C18H27N3O4S. The van der Waals surface area contributed by atoms with Gasteiger partial charge in [-0.2, -0.15) is 0 Å². The third kappa shape index (κ3) is 5.20. The van der Waals surface area contributed by atoms with Crippen molar-refractivity contribution in [1.29, 1.82) is 0 Å². The number of carbonyl (C=O) groups is 2. The number of carbonyl (C=O) groups excluding carboxylic acids is 2. The Morgan fingerprint density at radius 2 is 1.58 bits per heavy atom. The molecule has 0 aliphatic carbocycles. The maximum Gasteiger partial charge on any atom is 0.232 e. The summed E-state index contributed by atoms with van der Waals surface area (Å²) in [6.07, 6.45) is 2.14. The molecule has 0 N–H and O–H groups in total. The number of anilines is 1. The third-order valence-corrected chi connectivity index (χ3v) is 5.83. The Labute approximate surface area is 155 Å². The summed E-state index contributed by atoms with van der Waals surface area (Å²) >= 11 is 0. The van der Waals surface area contributed by atoms with Gasteiger partial charge in [-0.1, -0.05) is 19.1 Å². The number of benzene rings is 1. The van der Waals surface area contributed by atoms with Crippen molar-refractivity contribution in [2.75, 3.05) is 43.3 Å². The quantitative estimate of drug-likeness (QED) is 0.739. The zero-order valence-electron chi connectivity index (χ0n) is 15.6. The lowest BCUT2D eigenvalue weighted by atomic mass is 10.1. The van der Waals surface area contributed by atoms with E-state index in [1.54, 1.807) is 21.9 Å². The van der Waals surface area contributed by atoms with Gasteiger partial charge in [0.1, 0.15) is 0 Å². The number of aryl methyl sites for hydroxylation is 1. The zero-order chi connectivity index (χ0) is 19.3. The van der Waals surface area contributed by atoms with Crippen molar-refractivity contribution in [1.82, 2.24) is 9.80 Å². The van der Waals surface area contributed by atoms with E-state index < -0.39 is 10.0 Å². The fourth-order valence-electron chi connectivity index (χ4n) is 3.01. The number of amides is 2. The molecule has 144 valence electrons. The molecule has 0 aromatic heterocycles. The molecule has 1 aliphatic heterocycles. The SMILES string of the molecule is CCc1ccc(N(CCC(=O)N2CCN(C(C)=O)CC2)S(C)(=O)=O)cc1. The van der Waals surface area contributed by atoms with Crippen LogP contribution in [0.4, 0.5) is 5.69 Å². The van der Waals surface area contributed by atoms with Crippen molar-refractivity contribution in [3.05, 3.63) is 29.8 Å². The van der Waals surface area contributed by atoms with Gasteiger partial charge in [0.2, 0.25) is 21.8 Å². The first-order valence-corrected chi connectivity index (χ1v) is 10.7. The van der Waals surface area contributed by atoms with Gasteiger partial charge in [-0.05, 0) is 24.1 Å². The molecule has 0 radical (unpaired) electrons. The van der Waals surface area contributed by atoms with E-state index in [0.29, 0.717) is 31.9 Å². The fourth-order valence-corrected chi connectivity index (χ4v) is 3.94. The first kappa shape index (κ1) is 20.2. The van der Waals surface area contributed by atoms with Crippen LogP contribution in [0.5, 0.6) is 0 Å². The number of nitrogens with zero attached hydrogens (tertiary/aromatic N) is 3. The number of piperazine rings is 1. The number of hydrogen-bond acceptors (Lipinski definition) is 4. The largest absolute Gasteiger partial charge is 0.339 e. The highest BCUT2D eigenvalue weighted by atomic mass is 32.2. The Balaban J connectivity index is 1.99. The van der Waals surface area contributed by atoms with Gasteiger partial charge in [0.15, 0.2) is 0 Å². The van der Waals surface area contributed by atoms with E-state index in [9.17, 15) is 18.0 Å². The van der Waals surface area contributed by atoms with Crippen LogP contribution in [0.15, 0.2) is 24.3 Å². The van der Waals surface area contributed by atoms with E-state index in [0.717, 1.165) is 18.2 Å². The van der Waals surface area contributed by atoms with Gasteiger partial charge in [0.05, 0.1) is 11.9 Å². The molecule has 0 unspecified atom stereocenters. The minimum absolute atomic E-state index is 0.0101.